The number of anilines is 2. The summed E-state index contributed by atoms with van der Waals surface area (Å²) in [6.45, 7) is 8.37. The van der Waals surface area contributed by atoms with Crippen molar-refractivity contribution in [3.05, 3.63) is 51.3 Å². The standard InChI is InChI=1S/C20H26ClN7O3/c1-19(2)9-14(10-20(3,4)27-19)24-16-15(28(30)31)17(23-11-22-16)25-26-18(29)12-5-7-13(21)8-6-12/h5-8,11,14,27H,9-10H2,1-4H3,(H,26,29)(H2,22,23,24,25). The summed E-state index contributed by atoms with van der Waals surface area (Å²) in [5.74, 6) is -0.500. The lowest BCUT2D eigenvalue weighted by atomic mass is 9.79. The molecule has 4 N–H and O–H groups in total. The SMILES string of the molecule is CC1(C)CC(Nc2ncnc(NNC(=O)c3ccc(Cl)cc3)c2[N+](=O)[O-])CC(C)(C)N1. The maximum atomic E-state index is 12.3. The third-order valence-corrected chi connectivity index (χ3v) is 5.19. The van der Waals surface area contributed by atoms with E-state index >= 15 is 0 Å². The molecule has 0 spiro atoms. The van der Waals surface area contributed by atoms with Crippen molar-refractivity contribution in [2.45, 2.75) is 57.7 Å². The molecule has 0 saturated carbocycles. The molecule has 11 heteroatoms. The van der Waals surface area contributed by atoms with Gasteiger partial charge < -0.3 is 10.6 Å². The normalized spacial score (nSPS) is 17.6. The van der Waals surface area contributed by atoms with Crippen LogP contribution in [0.4, 0.5) is 17.3 Å². The Balaban J connectivity index is 1.78. The second-order valence-electron chi connectivity index (χ2n) is 8.90. The molecule has 1 aliphatic rings. The van der Waals surface area contributed by atoms with Crippen LogP contribution in [0, 0.1) is 10.1 Å². The van der Waals surface area contributed by atoms with Crippen LogP contribution in [0.15, 0.2) is 30.6 Å². The molecule has 1 fully saturated rings. The van der Waals surface area contributed by atoms with E-state index in [0.717, 1.165) is 12.8 Å². The largest absolute Gasteiger partial charge is 0.361 e. The van der Waals surface area contributed by atoms with Gasteiger partial charge in [0.25, 0.3) is 5.91 Å². The molecule has 3 rings (SSSR count). The summed E-state index contributed by atoms with van der Waals surface area (Å²) in [4.78, 5) is 31.6. The molecule has 1 saturated heterocycles. The van der Waals surface area contributed by atoms with Crippen molar-refractivity contribution >= 4 is 34.8 Å². The number of hydrogen-bond acceptors (Lipinski definition) is 8. The van der Waals surface area contributed by atoms with E-state index < -0.39 is 10.8 Å². The molecule has 0 atom stereocenters. The number of carbonyl (C=O) groups excluding carboxylic acids is 1. The lowest BCUT2D eigenvalue weighted by Gasteiger charge is -2.46. The van der Waals surface area contributed by atoms with Crippen molar-refractivity contribution in [1.82, 2.24) is 20.7 Å². The summed E-state index contributed by atoms with van der Waals surface area (Å²) >= 11 is 5.83. The fourth-order valence-corrected chi connectivity index (χ4v) is 4.28. The number of piperidine rings is 1. The second-order valence-corrected chi connectivity index (χ2v) is 9.34. The van der Waals surface area contributed by atoms with E-state index in [2.05, 4.69) is 59.1 Å². The number of halogens is 1. The Labute approximate surface area is 185 Å². The molecule has 1 aliphatic heterocycles. The number of amides is 1. The lowest BCUT2D eigenvalue weighted by molar-refractivity contribution is -0.383. The van der Waals surface area contributed by atoms with Gasteiger partial charge in [0.05, 0.1) is 4.92 Å². The maximum Gasteiger partial charge on any atom is 0.354 e. The number of hydrogen-bond donors (Lipinski definition) is 4. The zero-order valence-corrected chi connectivity index (χ0v) is 18.6. The first-order valence-corrected chi connectivity index (χ1v) is 10.2. The molecule has 0 aliphatic carbocycles. The number of carbonyl (C=O) groups is 1. The molecule has 1 aromatic heterocycles. The van der Waals surface area contributed by atoms with Crippen molar-refractivity contribution in [3.8, 4) is 0 Å². The Kier molecular flexibility index (Phi) is 6.33. The van der Waals surface area contributed by atoms with Crippen molar-refractivity contribution in [2.75, 3.05) is 10.7 Å². The minimum absolute atomic E-state index is 0.0311. The van der Waals surface area contributed by atoms with Crippen LogP contribution >= 0.6 is 11.6 Å². The average molecular weight is 448 g/mol. The second kappa shape index (κ2) is 8.64. The van der Waals surface area contributed by atoms with Crippen LogP contribution in [0.5, 0.6) is 0 Å². The number of benzene rings is 1. The third-order valence-electron chi connectivity index (χ3n) is 4.94. The van der Waals surface area contributed by atoms with E-state index in [4.69, 9.17) is 11.6 Å². The first-order valence-electron chi connectivity index (χ1n) is 9.83. The zero-order chi connectivity index (χ0) is 22.8. The Morgan fingerprint density at radius 1 is 1.13 bits per heavy atom. The van der Waals surface area contributed by atoms with E-state index in [1.807, 2.05) is 0 Å². The van der Waals surface area contributed by atoms with Crippen LogP contribution < -0.4 is 21.5 Å². The average Bonchev–Trinajstić information content (AvgIpc) is 2.64. The highest BCUT2D eigenvalue weighted by atomic mass is 35.5. The smallest absolute Gasteiger partial charge is 0.354 e. The topological polar surface area (TPSA) is 134 Å². The van der Waals surface area contributed by atoms with Gasteiger partial charge in [-0.3, -0.25) is 25.8 Å². The predicted octanol–water partition coefficient (Wildman–Crippen LogP) is 3.52. The quantitative estimate of drug-likeness (QED) is 0.390. The Morgan fingerprint density at radius 2 is 1.71 bits per heavy atom. The summed E-state index contributed by atoms with van der Waals surface area (Å²) in [7, 11) is 0. The van der Waals surface area contributed by atoms with E-state index in [0.29, 0.717) is 10.6 Å². The molecule has 1 amide bonds. The minimum atomic E-state index is -0.573. The number of hydrazine groups is 1. The highest BCUT2D eigenvalue weighted by Crippen LogP contribution is 2.34. The summed E-state index contributed by atoms with van der Waals surface area (Å²) < 4.78 is 0. The number of aromatic nitrogens is 2. The molecule has 0 bridgehead atoms. The van der Waals surface area contributed by atoms with Crippen LogP contribution in [0.2, 0.25) is 5.02 Å². The van der Waals surface area contributed by atoms with Gasteiger partial charge in [-0.15, -0.1) is 0 Å². The van der Waals surface area contributed by atoms with Crippen LogP contribution in [-0.4, -0.2) is 37.9 Å². The van der Waals surface area contributed by atoms with Crippen molar-refractivity contribution in [1.29, 1.82) is 0 Å². The van der Waals surface area contributed by atoms with Crippen molar-refractivity contribution in [2.24, 2.45) is 0 Å². The number of nitro groups is 1. The number of rotatable bonds is 6. The van der Waals surface area contributed by atoms with Crippen LogP contribution in [0.25, 0.3) is 0 Å². The Bertz CT molecular complexity index is 963. The Morgan fingerprint density at radius 3 is 2.29 bits per heavy atom. The van der Waals surface area contributed by atoms with Crippen LogP contribution in [-0.2, 0) is 0 Å². The third kappa shape index (κ3) is 5.80. The molecule has 10 nitrogen and oxygen atoms in total. The van der Waals surface area contributed by atoms with Gasteiger partial charge in [-0.1, -0.05) is 11.6 Å². The molecule has 1 aromatic carbocycles. The Hall–Kier alpha value is -2.98. The fourth-order valence-electron chi connectivity index (χ4n) is 4.16. The molecule has 0 unspecified atom stereocenters. The summed E-state index contributed by atoms with van der Waals surface area (Å²) in [5.41, 5.74) is 4.67. The molecular formula is C20H26ClN7O3. The maximum absolute atomic E-state index is 12.3. The minimum Gasteiger partial charge on any atom is -0.361 e. The van der Waals surface area contributed by atoms with Gasteiger partial charge in [0.15, 0.2) is 0 Å². The van der Waals surface area contributed by atoms with E-state index in [9.17, 15) is 14.9 Å². The summed E-state index contributed by atoms with van der Waals surface area (Å²) in [6, 6.07) is 6.21. The zero-order valence-electron chi connectivity index (χ0n) is 17.8. The van der Waals surface area contributed by atoms with Gasteiger partial charge in [-0.25, -0.2) is 9.97 Å². The molecule has 31 heavy (non-hydrogen) atoms. The fraction of sp³-hybridized carbons (Fsp3) is 0.450. The van der Waals surface area contributed by atoms with Gasteiger partial charge >= 0.3 is 5.69 Å². The van der Waals surface area contributed by atoms with Gasteiger partial charge in [0, 0.05) is 27.7 Å². The van der Waals surface area contributed by atoms with E-state index in [-0.39, 0.29) is 34.4 Å². The molecule has 166 valence electrons. The highest BCUT2D eigenvalue weighted by molar-refractivity contribution is 6.30. The van der Waals surface area contributed by atoms with Gasteiger partial charge in [0.1, 0.15) is 6.33 Å². The lowest BCUT2D eigenvalue weighted by Crippen LogP contribution is -2.60. The number of nitrogens with zero attached hydrogens (tertiary/aromatic N) is 3. The predicted molar refractivity (Wildman–Crippen MR) is 119 cm³/mol. The highest BCUT2D eigenvalue weighted by Gasteiger charge is 2.38. The molecule has 2 heterocycles. The van der Waals surface area contributed by atoms with Crippen LogP contribution in [0.1, 0.15) is 50.9 Å². The van der Waals surface area contributed by atoms with E-state index in [1.165, 1.54) is 6.33 Å². The molecule has 2 aromatic rings. The van der Waals surface area contributed by atoms with Crippen molar-refractivity contribution < 1.29 is 9.72 Å². The monoisotopic (exact) mass is 447 g/mol. The summed E-state index contributed by atoms with van der Waals surface area (Å²) in [6.07, 6.45) is 2.73. The van der Waals surface area contributed by atoms with Gasteiger partial charge in [-0.2, -0.15) is 0 Å². The van der Waals surface area contributed by atoms with Gasteiger partial charge in [-0.05, 0) is 64.8 Å². The van der Waals surface area contributed by atoms with Crippen molar-refractivity contribution in [3.63, 3.8) is 0 Å². The molecule has 0 radical (unpaired) electrons. The first-order chi connectivity index (χ1) is 14.5. The summed E-state index contributed by atoms with van der Waals surface area (Å²) in [5, 5.41) is 19.1. The van der Waals surface area contributed by atoms with E-state index in [1.54, 1.807) is 24.3 Å². The first kappa shape index (κ1) is 22.7. The molecular weight excluding hydrogens is 422 g/mol. The van der Waals surface area contributed by atoms with Gasteiger partial charge in [0.2, 0.25) is 11.6 Å². The van der Waals surface area contributed by atoms with Crippen LogP contribution in [0.3, 0.4) is 0 Å². The number of nitrogens with one attached hydrogen (secondary N) is 4.